The van der Waals surface area contributed by atoms with Crippen molar-refractivity contribution >= 4 is 0 Å². The van der Waals surface area contributed by atoms with Crippen LogP contribution in [0.3, 0.4) is 0 Å². The van der Waals surface area contributed by atoms with Crippen molar-refractivity contribution in [1.29, 1.82) is 5.26 Å². The third-order valence-corrected chi connectivity index (χ3v) is 2.89. The van der Waals surface area contributed by atoms with Gasteiger partial charge in [0.25, 0.3) is 0 Å². The summed E-state index contributed by atoms with van der Waals surface area (Å²) in [6, 6.07) is 2.58. The molecule has 1 aliphatic rings. The molecule has 1 saturated heterocycles. The average molecular weight is 224 g/mol. The Morgan fingerprint density at radius 2 is 2.19 bits per heavy atom. The molecule has 0 radical (unpaired) electrons. The van der Waals surface area contributed by atoms with E-state index in [1.165, 1.54) is 0 Å². The molecule has 1 fully saturated rings. The van der Waals surface area contributed by atoms with Crippen LogP contribution in [0.1, 0.15) is 20.3 Å². The van der Waals surface area contributed by atoms with Gasteiger partial charge in [-0.3, -0.25) is 4.90 Å². The second-order valence-corrected chi connectivity index (χ2v) is 5.63. The Balaban J connectivity index is 2.48. The second kappa shape index (κ2) is 5.62. The van der Waals surface area contributed by atoms with Crippen LogP contribution in [-0.2, 0) is 0 Å². The summed E-state index contributed by atoms with van der Waals surface area (Å²) in [5.74, 6) is 0. The maximum absolute atomic E-state index is 8.78. The summed E-state index contributed by atoms with van der Waals surface area (Å²) in [6.45, 7) is 8.63. The van der Waals surface area contributed by atoms with Crippen LogP contribution in [0.4, 0.5) is 0 Å². The number of nitrogens with one attached hydrogen (secondary N) is 1. The summed E-state index contributed by atoms with van der Waals surface area (Å²) in [6.07, 6.45) is 0.599. The minimum Gasteiger partial charge on any atom is -0.308 e. The fourth-order valence-corrected chi connectivity index (χ4v) is 2.32. The summed E-state index contributed by atoms with van der Waals surface area (Å²) in [7, 11) is 4.19. The lowest BCUT2D eigenvalue weighted by Crippen LogP contribution is -2.62. The summed E-state index contributed by atoms with van der Waals surface area (Å²) >= 11 is 0. The van der Waals surface area contributed by atoms with Crippen LogP contribution in [0.5, 0.6) is 0 Å². The molecule has 0 aliphatic carbocycles. The largest absolute Gasteiger partial charge is 0.308 e. The van der Waals surface area contributed by atoms with Gasteiger partial charge in [-0.1, -0.05) is 0 Å². The van der Waals surface area contributed by atoms with Crippen LogP contribution in [-0.4, -0.2) is 61.7 Å². The van der Waals surface area contributed by atoms with Gasteiger partial charge in [0, 0.05) is 37.8 Å². The third-order valence-electron chi connectivity index (χ3n) is 2.89. The number of rotatable bonds is 4. The van der Waals surface area contributed by atoms with E-state index in [1.54, 1.807) is 0 Å². The second-order valence-electron chi connectivity index (χ2n) is 5.63. The monoisotopic (exact) mass is 224 g/mol. The van der Waals surface area contributed by atoms with Gasteiger partial charge in [0.1, 0.15) is 0 Å². The SMILES string of the molecule is CN(C)CCN1CC(CC#N)NC(C)(C)C1. The molecule has 4 heteroatoms. The lowest BCUT2D eigenvalue weighted by molar-refractivity contribution is 0.111. The topological polar surface area (TPSA) is 42.3 Å². The van der Waals surface area contributed by atoms with Crippen molar-refractivity contribution in [2.75, 3.05) is 40.3 Å². The van der Waals surface area contributed by atoms with E-state index in [0.29, 0.717) is 12.5 Å². The van der Waals surface area contributed by atoms with E-state index in [9.17, 15) is 0 Å². The molecular weight excluding hydrogens is 200 g/mol. The van der Waals surface area contributed by atoms with Gasteiger partial charge in [0.15, 0.2) is 0 Å². The van der Waals surface area contributed by atoms with Crippen molar-refractivity contribution < 1.29 is 0 Å². The van der Waals surface area contributed by atoms with E-state index in [0.717, 1.165) is 26.2 Å². The van der Waals surface area contributed by atoms with Crippen LogP contribution in [0.2, 0.25) is 0 Å². The smallest absolute Gasteiger partial charge is 0.0638 e. The van der Waals surface area contributed by atoms with Crippen molar-refractivity contribution in [3.8, 4) is 6.07 Å². The Morgan fingerprint density at radius 3 is 2.75 bits per heavy atom. The molecule has 0 bridgehead atoms. The first kappa shape index (κ1) is 13.4. The van der Waals surface area contributed by atoms with Crippen LogP contribution >= 0.6 is 0 Å². The molecule has 0 aromatic heterocycles. The van der Waals surface area contributed by atoms with E-state index in [1.807, 2.05) is 0 Å². The highest BCUT2D eigenvalue weighted by molar-refractivity contribution is 4.95. The number of piperazine rings is 1. The zero-order valence-corrected chi connectivity index (χ0v) is 11.0. The molecular formula is C12H24N4. The van der Waals surface area contributed by atoms with Gasteiger partial charge >= 0.3 is 0 Å². The minimum atomic E-state index is 0.117. The molecule has 1 atom stereocenters. The van der Waals surface area contributed by atoms with Crippen LogP contribution in [0, 0.1) is 11.3 Å². The molecule has 1 unspecified atom stereocenters. The maximum Gasteiger partial charge on any atom is 0.0638 e. The molecule has 0 aromatic rings. The van der Waals surface area contributed by atoms with Gasteiger partial charge in [-0.25, -0.2) is 0 Å². The van der Waals surface area contributed by atoms with Gasteiger partial charge in [-0.05, 0) is 27.9 Å². The van der Waals surface area contributed by atoms with E-state index >= 15 is 0 Å². The first-order valence-electron chi connectivity index (χ1n) is 5.95. The minimum absolute atomic E-state index is 0.117. The van der Waals surface area contributed by atoms with E-state index in [-0.39, 0.29) is 5.54 Å². The van der Waals surface area contributed by atoms with E-state index < -0.39 is 0 Å². The fourth-order valence-electron chi connectivity index (χ4n) is 2.32. The first-order chi connectivity index (χ1) is 7.43. The molecule has 1 N–H and O–H groups in total. The zero-order valence-electron chi connectivity index (χ0n) is 11.0. The van der Waals surface area contributed by atoms with E-state index in [2.05, 4.69) is 49.1 Å². The first-order valence-corrected chi connectivity index (χ1v) is 5.95. The molecule has 92 valence electrons. The Hall–Kier alpha value is -0.630. The summed E-state index contributed by atoms with van der Waals surface area (Å²) in [5.41, 5.74) is 0.117. The zero-order chi connectivity index (χ0) is 12.2. The summed E-state index contributed by atoms with van der Waals surface area (Å²) < 4.78 is 0. The lowest BCUT2D eigenvalue weighted by atomic mass is 9.97. The predicted molar refractivity (Wildman–Crippen MR) is 66.2 cm³/mol. The highest BCUT2D eigenvalue weighted by Gasteiger charge is 2.31. The third kappa shape index (κ3) is 4.48. The van der Waals surface area contributed by atoms with Crippen molar-refractivity contribution in [3.05, 3.63) is 0 Å². The number of hydrogen-bond donors (Lipinski definition) is 1. The number of hydrogen-bond acceptors (Lipinski definition) is 4. The molecule has 0 aromatic carbocycles. The molecule has 4 nitrogen and oxygen atoms in total. The number of nitrogens with zero attached hydrogens (tertiary/aromatic N) is 3. The van der Waals surface area contributed by atoms with Gasteiger partial charge in [-0.2, -0.15) is 5.26 Å². The van der Waals surface area contributed by atoms with Crippen LogP contribution in [0.15, 0.2) is 0 Å². The Morgan fingerprint density at radius 1 is 1.50 bits per heavy atom. The number of nitriles is 1. The van der Waals surface area contributed by atoms with Gasteiger partial charge < -0.3 is 10.2 Å². The Kier molecular flexibility index (Phi) is 4.72. The maximum atomic E-state index is 8.78. The van der Waals surface area contributed by atoms with Crippen molar-refractivity contribution in [1.82, 2.24) is 15.1 Å². The van der Waals surface area contributed by atoms with Crippen LogP contribution in [0.25, 0.3) is 0 Å². The summed E-state index contributed by atoms with van der Waals surface area (Å²) in [4.78, 5) is 4.66. The molecule has 0 saturated carbocycles. The average Bonchev–Trinajstić information content (AvgIpc) is 2.12. The van der Waals surface area contributed by atoms with Crippen LogP contribution < -0.4 is 5.32 Å². The molecule has 16 heavy (non-hydrogen) atoms. The van der Waals surface area contributed by atoms with Crippen molar-refractivity contribution in [3.63, 3.8) is 0 Å². The molecule has 1 aliphatic heterocycles. The quantitative estimate of drug-likeness (QED) is 0.756. The molecule has 0 amide bonds. The van der Waals surface area contributed by atoms with Gasteiger partial charge in [0.2, 0.25) is 0 Å². The van der Waals surface area contributed by atoms with E-state index in [4.69, 9.17) is 5.26 Å². The fraction of sp³-hybridized carbons (Fsp3) is 0.917. The van der Waals surface area contributed by atoms with Gasteiger partial charge in [0.05, 0.1) is 12.5 Å². The lowest BCUT2D eigenvalue weighted by Gasteiger charge is -2.43. The highest BCUT2D eigenvalue weighted by Crippen LogP contribution is 2.15. The van der Waals surface area contributed by atoms with Crippen molar-refractivity contribution in [2.45, 2.75) is 31.8 Å². The Labute approximate surface area is 99.2 Å². The predicted octanol–water partition coefficient (Wildman–Crippen LogP) is 0.514. The molecule has 1 rings (SSSR count). The molecule has 0 spiro atoms. The van der Waals surface area contributed by atoms with Crippen molar-refractivity contribution in [2.24, 2.45) is 0 Å². The summed E-state index contributed by atoms with van der Waals surface area (Å²) in [5, 5.41) is 12.3. The van der Waals surface area contributed by atoms with Gasteiger partial charge in [-0.15, -0.1) is 0 Å². The standard InChI is InChI=1S/C12H24N4/c1-12(2)10-16(8-7-15(3)4)9-11(14-12)5-6-13/h11,14H,5,7-10H2,1-4H3. The highest BCUT2D eigenvalue weighted by atomic mass is 15.3. The normalized spacial score (nSPS) is 25.6. The molecule has 1 heterocycles. The Bertz CT molecular complexity index is 254. The number of likely N-dealkylation sites (N-methyl/N-ethyl adjacent to an activating group) is 1.